The predicted molar refractivity (Wildman–Crippen MR) is 181 cm³/mol. The molecule has 4 aromatic rings. The second-order valence-corrected chi connectivity index (χ2v) is 11.8. The van der Waals surface area contributed by atoms with E-state index in [0.717, 1.165) is 60.6 Å². The van der Waals surface area contributed by atoms with Crippen molar-refractivity contribution in [3.05, 3.63) is 96.0 Å². The molecule has 1 unspecified atom stereocenters. The lowest BCUT2D eigenvalue weighted by Gasteiger charge is -2.18. The van der Waals surface area contributed by atoms with Crippen LogP contribution in [0, 0.1) is 18.3 Å². The van der Waals surface area contributed by atoms with Crippen molar-refractivity contribution in [2.45, 2.75) is 110 Å². The number of hydrogen-bond donors (Lipinski definition) is 1. The first-order valence-corrected chi connectivity index (χ1v) is 16.4. The Hall–Kier alpha value is -3.64. The van der Waals surface area contributed by atoms with Gasteiger partial charge in [-0.05, 0) is 81.4 Å². The minimum absolute atomic E-state index is 0.457. The number of nitrogens with one attached hydrogen (secondary N) is 1. The van der Waals surface area contributed by atoms with E-state index in [1.165, 1.54) is 73.4 Å². The van der Waals surface area contributed by atoms with Gasteiger partial charge in [-0.3, -0.25) is 4.98 Å². The largest absolute Gasteiger partial charge is 0.361 e. The molecule has 0 aliphatic rings. The van der Waals surface area contributed by atoms with Gasteiger partial charge in [0.2, 0.25) is 0 Å². The normalized spacial score (nSPS) is 12.8. The lowest BCUT2D eigenvalue weighted by Crippen LogP contribution is -2.03. The highest BCUT2D eigenvalue weighted by molar-refractivity contribution is 5.98. The van der Waals surface area contributed by atoms with Crippen molar-refractivity contribution >= 4 is 27.2 Å². The Bertz CT molecular complexity index is 1480. The third kappa shape index (κ3) is 8.93. The molecule has 220 valence electrons. The quantitative estimate of drug-likeness (QED) is 0.0748. The summed E-state index contributed by atoms with van der Waals surface area (Å²) in [5, 5.41) is 13.7. The number of aryl methyl sites for hydroxylation is 1. The summed E-state index contributed by atoms with van der Waals surface area (Å²) >= 11 is 0. The smallest absolute Gasteiger partial charge is 0.0995 e. The van der Waals surface area contributed by atoms with Crippen molar-refractivity contribution in [1.82, 2.24) is 9.97 Å². The molecule has 0 spiro atoms. The van der Waals surface area contributed by atoms with Crippen molar-refractivity contribution in [3.63, 3.8) is 0 Å². The molecule has 4 rings (SSSR count). The zero-order valence-corrected chi connectivity index (χ0v) is 25.9. The number of aromatic amines is 1. The third-order valence-electron chi connectivity index (χ3n) is 8.59. The average molecular weight is 560 g/mol. The number of hydrogen-bond acceptors (Lipinski definition) is 2. The van der Waals surface area contributed by atoms with Crippen LogP contribution in [0.15, 0.2) is 79.2 Å². The van der Waals surface area contributed by atoms with Gasteiger partial charge in [0.15, 0.2) is 0 Å². The van der Waals surface area contributed by atoms with Gasteiger partial charge in [0.05, 0.1) is 17.3 Å². The summed E-state index contributed by atoms with van der Waals surface area (Å²) in [6.07, 6.45) is 28.0. The highest BCUT2D eigenvalue weighted by atomic mass is 14.7. The minimum atomic E-state index is 0.457. The summed E-state index contributed by atoms with van der Waals surface area (Å²) in [6, 6.07) is 19.5. The Morgan fingerprint density at radius 2 is 1.62 bits per heavy atom. The lowest BCUT2D eigenvalue weighted by molar-refractivity contribution is 0.518. The summed E-state index contributed by atoms with van der Waals surface area (Å²) in [5.74, 6) is 0.457. The molecule has 2 aromatic carbocycles. The number of rotatable bonds is 18. The Labute approximate surface area is 253 Å². The Balaban J connectivity index is 1.32. The Morgan fingerprint density at radius 3 is 2.48 bits per heavy atom. The van der Waals surface area contributed by atoms with E-state index in [-0.39, 0.29) is 0 Å². The minimum Gasteiger partial charge on any atom is -0.361 e. The topological polar surface area (TPSA) is 52.5 Å². The van der Waals surface area contributed by atoms with Crippen LogP contribution in [0.25, 0.3) is 27.2 Å². The molecule has 1 N–H and O–H groups in total. The molecule has 0 radical (unpaired) electrons. The molecule has 2 heterocycles. The molecule has 0 saturated carbocycles. The number of benzene rings is 2. The van der Waals surface area contributed by atoms with E-state index in [4.69, 9.17) is 4.98 Å². The van der Waals surface area contributed by atoms with E-state index in [0.29, 0.717) is 5.92 Å². The van der Waals surface area contributed by atoms with Crippen LogP contribution in [0.4, 0.5) is 0 Å². The monoisotopic (exact) mass is 559 g/mol. The van der Waals surface area contributed by atoms with Crippen LogP contribution in [-0.2, 0) is 0 Å². The Morgan fingerprint density at radius 1 is 0.857 bits per heavy atom. The molecule has 0 saturated heterocycles. The summed E-state index contributed by atoms with van der Waals surface area (Å²) in [6.45, 7) is 4.39. The fourth-order valence-electron chi connectivity index (χ4n) is 6.22. The molecule has 0 fully saturated rings. The highest BCUT2D eigenvalue weighted by Crippen LogP contribution is 2.32. The zero-order chi connectivity index (χ0) is 29.4. The summed E-state index contributed by atoms with van der Waals surface area (Å²) < 4.78 is 0. The molecule has 3 heteroatoms. The van der Waals surface area contributed by atoms with E-state index >= 15 is 0 Å². The number of aromatic nitrogens is 2. The molecule has 0 aliphatic carbocycles. The van der Waals surface area contributed by atoms with E-state index in [1.54, 1.807) is 0 Å². The highest BCUT2D eigenvalue weighted by Gasteiger charge is 2.16. The first-order valence-electron chi connectivity index (χ1n) is 16.4. The van der Waals surface area contributed by atoms with Gasteiger partial charge in [-0.2, -0.15) is 5.26 Å². The number of nitrogens with zero attached hydrogens (tertiary/aromatic N) is 2. The Kier molecular flexibility index (Phi) is 12.9. The molecular formula is C39H49N3. The predicted octanol–water partition coefficient (Wildman–Crippen LogP) is 11.8. The van der Waals surface area contributed by atoms with Gasteiger partial charge < -0.3 is 4.98 Å². The summed E-state index contributed by atoms with van der Waals surface area (Å²) in [7, 11) is 0. The van der Waals surface area contributed by atoms with Crippen LogP contribution in [0.1, 0.15) is 120 Å². The van der Waals surface area contributed by atoms with E-state index in [1.807, 2.05) is 12.4 Å². The molecule has 3 nitrogen and oxygen atoms in total. The maximum atomic E-state index is 9.93. The standard InChI is InChI=1S/C39H49N3/c1-3-4-5-6-7-8-9-10-11-12-14-22-33(39-35-25-18-17-21-32(35)27-28-41-39)23-15-13-16-24-34(29-40)36-30-42-37-26-19-20-31(2)38(36)37/h10-11,17-21,24-28,30,33,42H,3-9,12-16,22-23H2,1-2H3/b11-10-,34-24+. The van der Waals surface area contributed by atoms with Crippen LogP contribution in [-0.4, -0.2) is 9.97 Å². The first-order chi connectivity index (χ1) is 20.7. The van der Waals surface area contributed by atoms with Gasteiger partial charge >= 0.3 is 0 Å². The fraction of sp³-hybridized carbons (Fsp3) is 0.436. The first kappa shape index (κ1) is 31.3. The lowest BCUT2D eigenvalue weighted by atomic mass is 9.89. The maximum Gasteiger partial charge on any atom is 0.0995 e. The number of H-pyrrole nitrogens is 1. The van der Waals surface area contributed by atoms with Crippen LogP contribution >= 0.6 is 0 Å². The zero-order valence-electron chi connectivity index (χ0n) is 25.9. The number of nitriles is 1. The summed E-state index contributed by atoms with van der Waals surface area (Å²) in [5.41, 5.74) is 5.34. The molecule has 42 heavy (non-hydrogen) atoms. The SMILES string of the molecule is CCCCCCCC/C=C\CCCC(CCCC/C=C(\C#N)c1c[nH]c2cccc(C)c12)c1nccc2ccccc12. The van der Waals surface area contributed by atoms with E-state index < -0.39 is 0 Å². The molecule has 0 aliphatic heterocycles. The van der Waals surface area contributed by atoms with Crippen molar-refractivity contribution < 1.29 is 0 Å². The van der Waals surface area contributed by atoms with Crippen molar-refractivity contribution in [3.8, 4) is 6.07 Å². The number of unbranched alkanes of at least 4 members (excludes halogenated alkanes) is 9. The van der Waals surface area contributed by atoms with Crippen molar-refractivity contribution in [2.24, 2.45) is 0 Å². The maximum absolute atomic E-state index is 9.93. The number of allylic oxidation sites excluding steroid dienone is 4. The van der Waals surface area contributed by atoms with Crippen molar-refractivity contribution in [1.29, 1.82) is 5.26 Å². The van der Waals surface area contributed by atoms with Crippen LogP contribution in [0.2, 0.25) is 0 Å². The molecule has 0 bridgehead atoms. The second kappa shape index (κ2) is 17.3. The number of fused-ring (bicyclic) bond motifs is 2. The third-order valence-corrected chi connectivity index (χ3v) is 8.59. The van der Waals surface area contributed by atoms with Gasteiger partial charge in [0, 0.05) is 40.2 Å². The van der Waals surface area contributed by atoms with E-state index in [2.05, 4.69) is 91.7 Å². The van der Waals surface area contributed by atoms with Crippen LogP contribution in [0.5, 0.6) is 0 Å². The molecule has 1 atom stereocenters. The van der Waals surface area contributed by atoms with Crippen LogP contribution < -0.4 is 0 Å². The fourth-order valence-corrected chi connectivity index (χ4v) is 6.22. The van der Waals surface area contributed by atoms with Crippen molar-refractivity contribution in [2.75, 3.05) is 0 Å². The van der Waals surface area contributed by atoms with Gasteiger partial charge in [-0.15, -0.1) is 0 Å². The van der Waals surface area contributed by atoms with Gasteiger partial charge in [0.25, 0.3) is 0 Å². The van der Waals surface area contributed by atoms with Crippen LogP contribution in [0.3, 0.4) is 0 Å². The molecule has 2 aromatic heterocycles. The average Bonchev–Trinajstić information content (AvgIpc) is 3.45. The van der Waals surface area contributed by atoms with Gasteiger partial charge in [0.1, 0.15) is 0 Å². The number of pyridine rings is 1. The van der Waals surface area contributed by atoms with Gasteiger partial charge in [-0.25, -0.2) is 0 Å². The molecule has 0 amide bonds. The molecular weight excluding hydrogens is 510 g/mol. The summed E-state index contributed by atoms with van der Waals surface area (Å²) in [4.78, 5) is 8.25. The van der Waals surface area contributed by atoms with E-state index in [9.17, 15) is 5.26 Å². The second-order valence-electron chi connectivity index (χ2n) is 11.8. The van der Waals surface area contributed by atoms with Gasteiger partial charge in [-0.1, -0.05) is 100 Å².